The Kier molecular flexibility index (Phi) is 9.31. The van der Waals surface area contributed by atoms with Crippen LogP contribution in [0, 0.1) is 11.8 Å². The minimum Gasteiger partial charge on any atom is -0.477 e. The van der Waals surface area contributed by atoms with E-state index in [4.69, 9.17) is 4.74 Å². The number of carbonyl (C=O) groups excluding carboxylic acids is 3. The largest absolute Gasteiger partial charge is 0.477 e. The molecule has 1 aromatic heterocycles. The average Bonchev–Trinajstić information content (AvgIpc) is 3.35. The summed E-state index contributed by atoms with van der Waals surface area (Å²) < 4.78 is 5.30. The second-order valence-electron chi connectivity index (χ2n) is 11.6. The lowest BCUT2D eigenvalue weighted by Crippen LogP contribution is -2.48. The van der Waals surface area contributed by atoms with Crippen LogP contribution in [0.3, 0.4) is 0 Å². The molecule has 0 bridgehead atoms. The Balaban J connectivity index is 1.36. The fourth-order valence-electron chi connectivity index (χ4n) is 5.07. The van der Waals surface area contributed by atoms with Crippen LogP contribution >= 0.6 is 0 Å². The first-order valence-corrected chi connectivity index (χ1v) is 13.9. The van der Waals surface area contributed by atoms with Gasteiger partial charge < -0.3 is 30.8 Å². The molecule has 0 radical (unpaired) electrons. The number of rotatable bonds is 9. The summed E-state index contributed by atoms with van der Waals surface area (Å²) in [5.41, 5.74) is 1.57. The van der Waals surface area contributed by atoms with Crippen molar-refractivity contribution in [2.24, 2.45) is 11.8 Å². The highest BCUT2D eigenvalue weighted by atomic mass is 16.6. The topological polar surface area (TPSA) is 150 Å². The standard InChI is InChI=1S/C31H38N4O6/c1-31(2,3)41-30(40)32-18-20-9-11-21(12-10-20)27(36)35-25(15-19-7-5-4-6-8-19)28(37)33-23-13-14-24-22(16-23)17-26(34-24)29(38)39/h4-8,13-14,16-17,20-21,25,34H,9-12,15,18H2,1-3H3,(H,32,40)(H,33,37)(H,35,36)(H,38,39)/t20?,21?,25-/m1/s1. The molecular weight excluding hydrogens is 524 g/mol. The van der Waals surface area contributed by atoms with E-state index in [0.717, 1.165) is 18.4 Å². The number of nitrogens with one attached hydrogen (secondary N) is 4. The molecule has 1 atom stereocenters. The van der Waals surface area contributed by atoms with Gasteiger partial charge in [0.15, 0.2) is 0 Å². The number of H-pyrrole nitrogens is 1. The van der Waals surface area contributed by atoms with Crippen molar-refractivity contribution in [3.8, 4) is 0 Å². The number of aromatic nitrogens is 1. The molecule has 0 unspecified atom stereocenters. The zero-order valence-electron chi connectivity index (χ0n) is 23.7. The van der Waals surface area contributed by atoms with Crippen molar-refractivity contribution in [2.45, 2.75) is 64.5 Å². The molecule has 1 saturated carbocycles. The van der Waals surface area contributed by atoms with Gasteiger partial charge in [-0.2, -0.15) is 0 Å². The lowest BCUT2D eigenvalue weighted by Gasteiger charge is -2.29. The monoisotopic (exact) mass is 562 g/mol. The van der Waals surface area contributed by atoms with E-state index in [9.17, 15) is 24.3 Å². The van der Waals surface area contributed by atoms with Gasteiger partial charge in [0.2, 0.25) is 11.8 Å². The summed E-state index contributed by atoms with van der Waals surface area (Å²) in [5, 5.41) is 18.6. The number of fused-ring (bicyclic) bond motifs is 1. The van der Waals surface area contributed by atoms with Crippen LogP contribution in [-0.4, -0.2) is 52.2 Å². The van der Waals surface area contributed by atoms with Gasteiger partial charge in [0.05, 0.1) is 0 Å². The zero-order chi connectivity index (χ0) is 29.6. The van der Waals surface area contributed by atoms with Crippen LogP contribution < -0.4 is 16.0 Å². The number of amides is 3. The smallest absolute Gasteiger partial charge is 0.407 e. The van der Waals surface area contributed by atoms with Crippen LogP contribution in [-0.2, 0) is 20.7 Å². The number of ether oxygens (including phenoxy) is 1. The number of anilines is 1. The van der Waals surface area contributed by atoms with Gasteiger partial charge in [-0.1, -0.05) is 30.3 Å². The van der Waals surface area contributed by atoms with Gasteiger partial charge in [0, 0.05) is 35.5 Å². The molecule has 218 valence electrons. The molecule has 2 aromatic carbocycles. The van der Waals surface area contributed by atoms with E-state index in [1.54, 1.807) is 18.2 Å². The van der Waals surface area contributed by atoms with E-state index >= 15 is 0 Å². The Bertz CT molecular complexity index is 1390. The van der Waals surface area contributed by atoms with E-state index in [2.05, 4.69) is 20.9 Å². The first kappa shape index (κ1) is 29.6. The van der Waals surface area contributed by atoms with E-state index in [1.807, 2.05) is 51.1 Å². The average molecular weight is 563 g/mol. The third kappa shape index (κ3) is 8.57. The third-order valence-corrected chi connectivity index (χ3v) is 7.19. The molecule has 0 spiro atoms. The van der Waals surface area contributed by atoms with Crippen LogP contribution in [0.25, 0.3) is 10.9 Å². The summed E-state index contributed by atoms with van der Waals surface area (Å²) in [4.78, 5) is 52.8. The van der Waals surface area contributed by atoms with Crippen molar-refractivity contribution in [1.82, 2.24) is 15.6 Å². The van der Waals surface area contributed by atoms with E-state index < -0.39 is 23.7 Å². The van der Waals surface area contributed by atoms with Gasteiger partial charge in [-0.05, 0) is 82.2 Å². The number of carbonyl (C=O) groups is 4. The van der Waals surface area contributed by atoms with Crippen LogP contribution in [0.15, 0.2) is 54.6 Å². The van der Waals surface area contributed by atoms with Crippen LogP contribution in [0.2, 0.25) is 0 Å². The normalized spacial score (nSPS) is 17.8. The van der Waals surface area contributed by atoms with Crippen molar-refractivity contribution >= 4 is 40.5 Å². The highest BCUT2D eigenvalue weighted by Gasteiger charge is 2.30. The van der Waals surface area contributed by atoms with E-state index in [0.29, 0.717) is 42.4 Å². The number of alkyl carbamates (subject to hydrolysis) is 1. The minimum absolute atomic E-state index is 0.0630. The lowest BCUT2D eigenvalue weighted by molar-refractivity contribution is -0.130. The highest BCUT2D eigenvalue weighted by Crippen LogP contribution is 2.29. The van der Waals surface area contributed by atoms with Crippen molar-refractivity contribution in [1.29, 1.82) is 0 Å². The van der Waals surface area contributed by atoms with Gasteiger partial charge in [-0.15, -0.1) is 0 Å². The molecule has 3 amide bonds. The number of hydrogen-bond acceptors (Lipinski definition) is 5. The number of hydrogen-bond donors (Lipinski definition) is 5. The molecule has 41 heavy (non-hydrogen) atoms. The highest BCUT2D eigenvalue weighted by molar-refractivity contribution is 6.00. The summed E-state index contributed by atoms with van der Waals surface area (Å²) in [6, 6.07) is 15.3. The Morgan fingerprint density at radius 1 is 1.00 bits per heavy atom. The molecular formula is C31H38N4O6. The molecule has 1 aliphatic rings. The SMILES string of the molecule is CC(C)(C)OC(=O)NCC1CCC(C(=O)N[C@H](Cc2ccccc2)C(=O)Nc2ccc3[nH]c(C(=O)O)cc3c2)CC1. The van der Waals surface area contributed by atoms with Crippen molar-refractivity contribution in [2.75, 3.05) is 11.9 Å². The summed E-state index contributed by atoms with van der Waals surface area (Å²) in [5.74, 6) is -1.53. The number of aromatic amines is 1. The molecule has 1 fully saturated rings. The number of aromatic carboxylic acids is 1. The second kappa shape index (κ2) is 12.9. The summed E-state index contributed by atoms with van der Waals surface area (Å²) >= 11 is 0. The molecule has 1 heterocycles. The Hall–Kier alpha value is -4.34. The molecule has 0 aliphatic heterocycles. The van der Waals surface area contributed by atoms with Crippen LogP contribution in [0.4, 0.5) is 10.5 Å². The molecule has 3 aromatic rings. The second-order valence-corrected chi connectivity index (χ2v) is 11.6. The molecule has 1 aliphatic carbocycles. The van der Waals surface area contributed by atoms with Gasteiger partial charge in [0.1, 0.15) is 17.3 Å². The van der Waals surface area contributed by atoms with Crippen molar-refractivity contribution in [3.63, 3.8) is 0 Å². The molecule has 0 saturated heterocycles. The van der Waals surface area contributed by atoms with E-state index in [1.165, 1.54) is 6.07 Å². The molecule has 10 heteroatoms. The van der Waals surface area contributed by atoms with Crippen molar-refractivity contribution < 1.29 is 29.0 Å². The molecule has 10 nitrogen and oxygen atoms in total. The lowest BCUT2D eigenvalue weighted by atomic mass is 9.81. The number of carboxylic acid groups (broad SMARTS) is 1. The molecule has 5 N–H and O–H groups in total. The Labute approximate surface area is 239 Å². The summed E-state index contributed by atoms with van der Waals surface area (Å²) in [7, 11) is 0. The summed E-state index contributed by atoms with van der Waals surface area (Å²) in [6.45, 7) is 5.96. The number of carboxylic acids is 1. The maximum Gasteiger partial charge on any atom is 0.407 e. The maximum atomic E-state index is 13.4. The number of benzene rings is 2. The fourth-order valence-corrected chi connectivity index (χ4v) is 5.07. The van der Waals surface area contributed by atoms with Gasteiger partial charge in [0.25, 0.3) is 0 Å². The maximum absolute atomic E-state index is 13.4. The fraction of sp³-hybridized carbons (Fsp3) is 0.419. The minimum atomic E-state index is -1.06. The molecule has 4 rings (SSSR count). The summed E-state index contributed by atoms with van der Waals surface area (Å²) in [6.07, 6.45) is 2.80. The Morgan fingerprint density at radius 3 is 2.37 bits per heavy atom. The van der Waals surface area contributed by atoms with Gasteiger partial charge in [-0.3, -0.25) is 9.59 Å². The van der Waals surface area contributed by atoms with Crippen LogP contribution in [0.1, 0.15) is 62.5 Å². The van der Waals surface area contributed by atoms with Gasteiger partial charge in [-0.25, -0.2) is 9.59 Å². The van der Waals surface area contributed by atoms with Crippen LogP contribution in [0.5, 0.6) is 0 Å². The van der Waals surface area contributed by atoms with E-state index in [-0.39, 0.29) is 29.3 Å². The quantitative estimate of drug-likeness (QED) is 0.251. The predicted octanol–water partition coefficient (Wildman–Crippen LogP) is 4.86. The zero-order valence-corrected chi connectivity index (χ0v) is 23.7. The third-order valence-electron chi connectivity index (χ3n) is 7.19. The predicted molar refractivity (Wildman–Crippen MR) is 156 cm³/mol. The Morgan fingerprint density at radius 2 is 1.71 bits per heavy atom. The first-order valence-electron chi connectivity index (χ1n) is 13.9. The first-order chi connectivity index (χ1) is 19.5. The van der Waals surface area contributed by atoms with Gasteiger partial charge >= 0.3 is 12.1 Å². The van der Waals surface area contributed by atoms with Crippen molar-refractivity contribution in [3.05, 3.63) is 65.9 Å².